The largest absolute Gasteiger partial charge is 0.423 e. The predicted octanol–water partition coefficient (Wildman–Crippen LogP) is 4.09. The second-order valence-corrected chi connectivity index (χ2v) is 10.7. The first-order chi connectivity index (χ1) is 17.7. The number of halogens is 2. The van der Waals surface area contributed by atoms with Crippen molar-refractivity contribution in [3.8, 4) is 11.8 Å². The van der Waals surface area contributed by atoms with Crippen LogP contribution in [0.15, 0.2) is 62.9 Å². The maximum Gasteiger partial charge on any atom is 0.340 e. The summed E-state index contributed by atoms with van der Waals surface area (Å²) in [6, 6.07) is 8.60. The van der Waals surface area contributed by atoms with Crippen molar-refractivity contribution in [2.24, 2.45) is 0 Å². The minimum atomic E-state index is -4.06. The molecule has 192 valence electrons. The van der Waals surface area contributed by atoms with Gasteiger partial charge in [-0.05, 0) is 42.3 Å². The topological polar surface area (TPSA) is 112 Å². The summed E-state index contributed by atoms with van der Waals surface area (Å²) < 4.78 is 58.2. The minimum absolute atomic E-state index is 0.0315. The third kappa shape index (κ3) is 5.08. The molecule has 0 aliphatic carbocycles. The SMILES string of the molecule is Cc1c(Cc2ccc(F)c(S(=O)(=O)N3CCOCC3)c2)c(=O)oc2cc(Oc3ncccn3)c(Cl)cc12. The van der Waals surface area contributed by atoms with Crippen LogP contribution in [0.2, 0.25) is 5.02 Å². The number of aromatic nitrogens is 2. The molecule has 1 aliphatic rings. The molecule has 2 aromatic heterocycles. The molecule has 0 unspecified atom stereocenters. The van der Waals surface area contributed by atoms with Gasteiger partial charge in [0.25, 0.3) is 0 Å². The van der Waals surface area contributed by atoms with Gasteiger partial charge in [-0.3, -0.25) is 0 Å². The second-order valence-electron chi connectivity index (χ2n) is 8.36. The van der Waals surface area contributed by atoms with Crippen LogP contribution in [0.25, 0.3) is 11.0 Å². The highest BCUT2D eigenvalue weighted by atomic mass is 35.5. The zero-order chi connectivity index (χ0) is 26.2. The van der Waals surface area contributed by atoms with Gasteiger partial charge in [-0.25, -0.2) is 27.6 Å². The van der Waals surface area contributed by atoms with Gasteiger partial charge in [-0.1, -0.05) is 17.7 Å². The monoisotopic (exact) mass is 545 g/mol. The van der Waals surface area contributed by atoms with E-state index in [1.165, 1.54) is 34.9 Å². The fourth-order valence-corrected chi connectivity index (χ4v) is 5.82. The molecule has 9 nitrogen and oxygen atoms in total. The molecule has 1 fully saturated rings. The van der Waals surface area contributed by atoms with Crippen molar-refractivity contribution < 1.29 is 26.7 Å². The number of ether oxygens (including phenoxy) is 2. The molecule has 3 heterocycles. The highest BCUT2D eigenvalue weighted by molar-refractivity contribution is 7.89. The van der Waals surface area contributed by atoms with Crippen molar-refractivity contribution in [3.05, 3.63) is 86.7 Å². The molecule has 0 radical (unpaired) electrons. The molecule has 0 N–H and O–H groups in total. The third-order valence-electron chi connectivity index (χ3n) is 6.05. The predicted molar refractivity (Wildman–Crippen MR) is 133 cm³/mol. The average molecular weight is 546 g/mol. The van der Waals surface area contributed by atoms with Crippen molar-refractivity contribution in [3.63, 3.8) is 0 Å². The van der Waals surface area contributed by atoms with Crippen LogP contribution >= 0.6 is 11.6 Å². The molecule has 0 bridgehead atoms. The molecule has 12 heteroatoms. The summed E-state index contributed by atoms with van der Waals surface area (Å²) in [7, 11) is -4.06. The molecule has 0 saturated carbocycles. The van der Waals surface area contributed by atoms with Crippen molar-refractivity contribution >= 4 is 32.6 Å². The van der Waals surface area contributed by atoms with Crippen LogP contribution in [0, 0.1) is 12.7 Å². The standard InChI is InChI=1S/C25H21ClFN3O6S/c1-15-17-13-19(26)22(36-25-28-5-2-6-29-25)14-21(17)35-24(31)18(15)11-16-3-4-20(27)23(12-16)37(32,33)30-7-9-34-10-8-30/h2-6,12-14H,7-11H2,1H3. The number of nitrogens with zero attached hydrogens (tertiary/aromatic N) is 3. The number of aryl methyl sites for hydroxylation is 1. The fourth-order valence-electron chi connectivity index (χ4n) is 4.09. The first-order valence-electron chi connectivity index (χ1n) is 11.3. The van der Waals surface area contributed by atoms with Crippen LogP contribution in [-0.4, -0.2) is 49.0 Å². The van der Waals surface area contributed by atoms with E-state index >= 15 is 0 Å². The van der Waals surface area contributed by atoms with E-state index in [0.29, 0.717) is 22.1 Å². The number of hydrogen-bond acceptors (Lipinski definition) is 8. The summed E-state index contributed by atoms with van der Waals surface area (Å²) in [5, 5.41) is 0.827. The van der Waals surface area contributed by atoms with Crippen LogP contribution in [0.5, 0.6) is 11.8 Å². The van der Waals surface area contributed by atoms with Gasteiger partial charge in [0.1, 0.15) is 16.3 Å². The van der Waals surface area contributed by atoms with Gasteiger partial charge in [0, 0.05) is 48.9 Å². The number of fused-ring (bicyclic) bond motifs is 1. The summed E-state index contributed by atoms with van der Waals surface area (Å²) in [5.41, 5.74) is 0.963. The van der Waals surface area contributed by atoms with E-state index in [9.17, 15) is 17.6 Å². The van der Waals surface area contributed by atoms with Gasteiger partial charge < -0.3 is 13.9 Å². The van der Waals surface area contributed by atoms with Crippen LogP contribution in [0.4, 0.5) is 4.39 Å². The Morgan fingerprint density at radius 2 is 1.86 bits per heavy atom. The highest BCUT2D eigenvalue weighted by Crippen LogP contribution is 2.34. The average Bonchev–Trinajstić information content (AvgIpc) is 2.89. The highest BCUT2D eigenvalue weighted by Gasteiger charge is 2.29. The molecule has 0 atom stereocenters. The Bertz CT molecular complexity index is 1640. The Kier molecular flexibility index (Phi) is 6.95. The normalized spacial score (nSPS) is 14.7. The van der Waals surface area contributed by atoms with Gasteiger partial charge in [0.2, 0.25) is 10.0 Å². The van der Waals surface area contributed by atoms with Gasteiger partial charge in [0.15, 0.2) is 5.75 Å². The summed E-state index contributed by atoms with van der Waals surface area (Å²) in [4.78, 5) is 20.5. The van der Waals surface area contributed by atoms with Crippen LogP contribution < -0.4 is 10.4 Å². The molecular weight excluding hydrogens is 525 g/mol. The Labute approximate surface area is 216 Å². The molecule has 37 heavy (non-hydrogen) atoms. The second kappa shape index (κ2) is 10.2. The summed E-state index contributed by atoms with van der Waals surface area (Å²) in [6.45, 7) is 2.50. The minimum Gasteiger partial charge on any atom is -0.423 e. The van der Waals surface area contributed by atoms with Crippen molar-refractivity contribution in [2.75, 3.05) is 26.3 Å². The molecule has 1 saturated heterocycles. The maximum atomic E-state index is 14.6. The van der Waals surface area contributed by atoms with E-state index in [1.54, 1.807) is 19.1 Å². The van der Waals surface area contributed by atoms with E-state index in [1.807, 2.05) is 0 Å². The van der Waals surface area contributed by atoms with Crippen molar-refractivity contribution in [1.29, 1.82) is 0 Å². The Morgan fingerprint density at radius 3 is 2.59 bits per heavy atom. The summed E-state index contributed by atoms with van der Waals surface area (Å²) in [6.07, 6.45) is 3.06. The molecule has 0 spiro atoms. The molecule has 0 amide bonds. The lowest BCUT2D eigenvalue weighted by Crippen LogP contribution is -2.40. The van der Waals surface area contributed by atoms with Gasteiger partial charge in [-0.2, -0.15) is 4.31 Å². The van der Waals surface area contributed by atoms with Crippen molar-refractivity contribution in [2.45, 2.75) is 18.2 Å². The van der Waals surface area contributed by atoms with Crippen molar-refractivity contribution in [1.82, 2.24) is 14.3 Å². The first-order valence-corrected chi connectivity index (χ1v) is 13.1. The lowest BCUT2D eigenvalue weighted by Gasteiger charge is -2.26. The molecular formula is C25H21ClFN3O6S. The first kappa shape index (κ1) is 25.3. The smallest absolute Gasteiger partial charge is 0.340 e. The quantitative estimate of drug-likeness (QED) is 0.333. The number of sulfonamides is 1. The molecule has 5 rings (SSSR count). The molecule has 4 aromatic rings. The number of morpholine rings is 1. The van der Waals surface area contributed by atoms with Crippen LogP contribution in [0.3, 0.4) is 0 Å². The fraction of sp³-hybridized carbons (Fsp3) is 0.240. The zero-order valence-corrected chi connectivity index (χ0v) is 21.2. The van der Waals surface area contributed by atoms with Crippen LogP contribution in [-0.2, 0) is 21.2 Å². The van der Waals surface area contributed by atoms with E-state index in [0.717, 1.165) is 6.07 Å². The van der Waals surface area contributed by atoms with Gasteiger partial charge >= 0.3 is 11.6 Å². The lowest BCUT2D eigenvalue weighted by molar-refractivity contribution is 0.0729. The summed E-state index contributed by atoms with van der Waals surface area (Å²) >= 11 is 6.42. The van der Waals surface area contributed by atoms with E-state index < -0.39 is 26.4 Å². The zero-order valence-electron chi connectivity index (χ0n) is 19.6. The lowest BCUT2D eigenvalue weighted by atomic mass is 9.99. The maximum absolute atomic E-state index is 14.6. The number of hydrogen-bond donors (Lipinski definition) is 0. The molecule has 1 aliphatic heterocycles. The van der Waals surface area contributed by atoms with Gasteiger partial charge in [0.05, 0.1) is 18.2 Å². The Morgan fingerprint density at radius 1 is 1.14 bits per heavy atom. The number of rotatable bonds is 6. The van der Waals surface area contributed by atoms with E-state index in [2.05, 4.69) is 9.97 Å². The van der Waals surface area contributed by atoms with Crippen LogP contribution in [0.1, 0.15) is 16.7 Å². The van der Waals surface area contributed by atoms with E-state index in [-0.39, 0.29) is 55.1 Å². The van der Waals surface area contributed by atoms with Gasteiger partial charge in [-0.15, -0.1) is 0 Å². The third-order valence-corrected chi connectivity index (χ3v) is 8.26. The Hall–Kier alpha value is -3.38. The molecule has 2 aromatic carbocycles. The van der Waals surface area contributed by atoms with E-state index in [4.69, 9.17) is 25.5 Å². The Balaban J connectivity index is 1.49. The summed E-state index contributed by atoms with van der Waals surface area (Å²) in [5.74, 6) is -0.647. The number of benzene rings is 2.